The number of aryl methyl sites for hydroxylation is 1. The summed E-state index contributed by atoms with van der Waals surface area (Å²) in [5.74, 6) is 0.366. The predicted molar refractivity (Wildman–Crippen MR) is 199 cm³/mol. The van der Waals surface area contributed by atoms with Crippen LogP contribution in [-0.4, -0.2) is 69.8 Å². The summed E-state index contributed by atoms with van der Waals surface area (Å²) < 4.78 is 42.5. The van der Waals surface area contributed by atoms with Gasteiger partial charge in [-0.25, -0.2) is 13.1 Å². The highest BCUT2D eigenvalue weighted by atomic mass is 35.5. The van der Waals surface area contributed by atoms with Gasteiger partial charge in [-0.15, -0.1) is 0 Å². The Morgan fingerprint density at radius 2 is 1.88 bits per heavy atom. The van der Waals surface area contributed by atoms with Gasteiger partial charge in [0.25, 0.3) is 11.8 Å². The highest BCUT2D eigenvalue weighted by molar-refractivity contribution is 7.90. The van der Waals surface area contributed by atoms with Crippen LogP contribution in [0.25, 0.3) is 0 Å². The van der Waals surface area contributed by atoms with Crippen LogP contribution < -0.4 is 14.4 Å². The standard InChI is InChI=1S/C39H54ClN3O6S/c1-25(2)20-37(39(45)42(5)6)49-35-12-9-10-26(3)27(4)50(46,47)41-38(44)29-15-18-36-34(22-29)43(23-30-14-17-33(30)35)19-8-7-11-28-21-32(40)16-13-31(28)24-48-36/h9,12-13,15-16,18,21-22,25-27,30,33,35,37H,7-8,10-11,14,17,19-20,23-24H2,1-6H3,(H,41,44)/b12-9+/t26-,27+,30-,33+,35-,37-/m0/s1. The maximum Gasteiger partial charge on any atom is 0.264 e. The maximum atomic E-state index is 13.5. The number of rotatable bonds is 5. The molecule has 6 atom stereocenters. The Balaban J connectivity index is 1.55. The van der Waals surface area contributed by atoms with Crippen LogP contribution >= 0.6 is 11.6 Å². The Labute approximate surface area is 303 Å². The molecule has 2 bridgehead atoms. The lowest BCUT2D eigenvalue weighted by Crippen LogP contribution is -2.47. The summed E-state index contributed by atoms with van der Waals surface area (Å²) >= 11 is 6.37. The first-order valence-corrected chi connectivity index (χ1v) is 20.0. The molecule has 0 spiro atoms. The number of hydrogen-bond donors (Lipinski definition) is 1. The minimum absolute atomic E-state index is 0.0491. The molecule has 5 rings (SSSR count). The Morgan fingerprint density at radius 1 is 1.10 bits per heavy atom. The summed E-state index contributed by atoms with van der Waals surface area (Å²) in [4.78, 5) is 30.7. The normalized spacial score (nSPS) is 26.9. The Morgan fingerprint density at radius 3 is 2.58 bits per heavy atom. The van der Waals surface area contributed by atoms with Crippen LogP contribution in [0.3, 0.4) is 0 Å². The number of likely N-dealkylation sites (N-methyl/N-ethyl adjacent to an activating group) is 1. The topological polar surface area (TPSA) is 105 Å². The van der Waals surface area contributed by atoms with Gasteiger partial charge in [0.1, 0.15) is 18.5 Å². The highest BCUT2D eigenvalue weighted by Crippen LogP contribution is 2.42. The van der Waals surface area contributed by atoms with Crippen molar-refractivity contribution >= 4 is 39.1 Å². The fourth-order valence-corrected chi connectivity index (χ4v) is 8.71. The summed E-state index contributed by atoms with van der Waals surface area (Å²) in [7, 11) is -0.457. The predicted octanol–water partition coefficient (Wildman–Crippen LogP) is 7.02. The Bertz CT molecular complexity index is 1660. The molecule has 0 saturated heterocycles. The molecular weight excluding hydrogens is 674 g/mol. The molecule has 1 N–H and O–H groups in total. The molecule has 11 heteroatoms. The van der Waals surface area contributed by atoms with Crippen molar-refractivity contribution in [3.05, 3.63) is 70.3 Å². The molecule has 0 aromatic heterocycles. The number of nitrogens with one attached hydrogen (secondary N) is 1. The van der Waals surface area contributed by atoms with E-state index in [2.05, 4.69) is 29.5 Å². The SMILES string of the molecule is CC(C)C[C@H](O[C@H]1/C=C/C[C@H](C)[C@@H](C)S(=O)(=O)NC(=O)c2ccc3c(c2)N(CCCCc2cc(Cl)ccc2CO3)C[C@@H]2CC[C@H]21)C(=O)N(C)C. The van der Waals surface area contributed by atoms with Crippen molar-refractivity contribution in [3.8, 4) is 5.75 Å². The van der Waals surface area contributed by atoms with Crippen LogP contribution in [0.4, 0.5) is 5.69 Å². The average Bonchev–Trinajstić information content (AvgIpc) is 3.07. The number of allylic oxidation sites excluding steroid dienone is 1. The van der Waals surface area contributed by atoms with E-state index in [1.807, 2.05) is 31.2 Å². The van der Waals surface area contributed by atoms with Gasteiger partial charge in [-0.05, 0) is 117 Å². The van der Waals surface area contributed by atoms with Gasteiger partial charge in [-0.2, -0.15) is 0 Å². The smallest absolute Gasteiger partial charge is 0.264 e. The van der Waals surface area contributed by atoms with Crippen molar-refractivity contribution in [3.63, 3.8) is 0 Å². The average molecular weight is 728 g/mol. The molecular formula is C39H54ClN3O6S. The summed E-state index contributed by atoms with van der Waals surface area (Å²) in [5.41, 5.74) is 3.25. The lowest BCUT2D eigenvalue weighted by molar-refractivity contribution is -0.149. The molecule has 1 fully saturated rings. The number of fused-ring (bicyclic) bond motifs is 3. The minimum atomic E-state index is -3.98. The van der Waals surface area contributed by atoms with E-state index in [1.54, 1.807) is 44.1 Å². The molecule has 9 nitrogen and oxygen atoms in total. The van der Waals surface area contributed by atoms with E-state index >= 15 is 0 Å². The number of sulfonamides is 1. The maximum absolute atomic E-state index is 13.5. The van der Waals surface area contributed by atoms with Crippen molar-refractivity contribution in [2.24, 2.45) is 23.7 Å². The summed E-state index contributed by atoms with van der Waals surface area (Å²) in [6, 6.07) is 11.1. The highest BCUT2D eigenvalue weighted by Gasteiger charge is 2.40. The monoisotopic (exact) mass is 727 g/mol. The fourth-order valence-electron chi connectivity index (χ4n) is 7.23. The van der Waals surface area contributed by atoms with Gasteiger partial charge in [0.2, 0.25) is 10.0 Å². The summed E-state index contributed by atoms with van der Waals surface area (Å²) in [6.07, 6.45) is 8.95. The number of carbonyl (C=O) groups is 2. The van der Waals surface area contributed by atoms with Gasteiger partial charge in [-0.3, -0.25) is 9.59 Å². The molecule has 2 amide bonds. The lowest BCUT2D eigenvalue weighted by Gasteiger charge is -2.44. The van der Waals surface area contributed by atoms with Crippen LogP contribution in [-0.2, 0) is 32.6 Å². The molecule has 2 aromatic carbocycles. The molecule has 0 unspecified atom stereocenters. The van der Waals surface area contributed by atoms with Gasteiger partial charge in [-0.1, -0.05) is 50.6 Å². The van der Waals surface area contributed by atoms with E-state index in [1.165, 1.54) is 0 Å². The van der Waals surface area contributed by atoms with Gasteiger partial charge in [0.15, 0.2) is 0 Å². The number of hydrogen-bond acceptors (Lipinski definition) is 7. The fraction of sp³-hybridized carbons (Fsp3) is 0.590. The van der Waals surface area contributed by atoms with Crippen LogP contribution in [0.2, 0.25) is 5.02 Å². The number of anilines is 1. The van der Waals surface area contributed by atoms with Gasteiger partial charge >= 0.3 is 0 Å². The number of ether oxygens (including phenoxy) is 2. The van der Waals surface area contributed by atoms with E-state index in [0.29, 0.717) is 36.8 Å². The number of amides is 2. The van der Waals surface area contributed by atoms with Crippen molar-refractivity contribution in [2.75, 3.05) is 32.1 Å². The first kappa shape index (κ1) is 38.2. The van der Waals surface area contributed by atoms with Crippen LogP contribution in [0.15, 0.2) is 48.6 Å². The van der Waals surface area contributed by atoms with Gasteiger partial charge in [0, 0.05) is 37.8 Å². The first-order valence-electron chi connectivity index (χ1n) is 18.1. The molecule has 50 heavy (non-hydrogen) atoms. The number of benzene rings is 2. The molecule has 1 saturated carbocycles. The quantitative estimate of drug-likeness (QED) is 0.330. The van der Waals surface area contributed by atoms with Crippen LogP contribution in [0.5, 0.6) is 5.75 Å². The molecule has 1 aliphatic carbocycles. The number of nitrogens with zero attached hydrogens (tertiary/aromatic N) is 2. The second kappa shape index (κ2) is 16.5. The van der Waals surface area contributed by atoms with E-state index in [-0.39, 0.29) is 41.2 Å². The zero-order chi connectivity index (χ0) is 36.2. The van der Waals surface area contributed by atoms with Crippen molar-refractivity contribution in [1.82, 2.24) is 9.62 Å². The van der Waals surface area contributed by atoms with E-state index in [0.717, 1.165) is 55.5 Å². The van der Waals surface area contributed by atoms with E-state index in [9.17, 15) is 18.0 Å². The van der Waals surface area contributed by atoms with Crippen molar-refractivity contribution < 1.29 is 27.5 Å². The lowest BCUT2D eigenvalue weighted by atomic mass is 9.70. The van der Waals surface area contributed by atoms with E-state index < -0.39 is 27.3 Å². The third kappa shape index (κ3) is 9.22. The molecule has 0 radical (unpaired) electrons. The zero-order valence-corrected chi connectivity index (χ0v) is 31.9. The van der Waals surface area contributed by atoms with Gasteiger partial charge in [0.05, 0.1) is 17.0 Å². The molecule has 2 aromatic rings. The zero-order valence-electron chi connectivity index (χ0n) is 30.4. The number of carbonyl (C=O) groups excluding carboxylic acids is 2. The second-order valence-electron chi connectivity index (χ2n) is 15.1. The molecule has 2 heterocycles. The Hall–Kier alpha value is -3.08. The summed E-state index contributed by atoms with van der Waals surface area (Å²) in [6.45, 7) is 9.48. The molecule has 2 aliphatic heterocycles. The summed E-state index contributed by atoms with van der Waals surface area (Å²) in [5, 5.41) is -0.124. The van der Waals surface area contributed by atoms with Gasteiger partial charge < -0.3 is 19.3 Å². The van der Waals surface area contributed by atoms with Crippen LogP contribution in [0.1, 0.15) is 87.7 Å². The van der Waals surface area contributed by atoms with E-state index in [4.69, 9.17) is 21.1 Å². The van der Waals surface area contributed by atoms with Crippen molar-refractivity contribution in [2.45, 2.75) is 96.7 Å². The molecule has 274 valence electrons. The Kier molecular flexibility index (Phi) is 12.6. The van der Waals surface area contributed by atoms with Crippen LogP contribution in [0, 0.1) is 23.7 Å². The molecule has 3 aliphatic rings. The largest absolute Gasteiger partial charge is 0.487 e. The third-order valence-corrected chi connectivity index (χ3v) is 12.8. The third-order valence-electron chi connectivity index (χ3n) is 10.7. The van der Waals surface area contributed by atoms with Crippen molar-refractivity contribution in [1.29, 1.82) is 0 Å². The first-order chi connectivity index (χ1) is 23.7. The number of halogens is 1. The second-order valence-corrected chi connectivity index (χ2v) is 17.5. The minimum Gasteiger partial charge on any atom is -0.487 e.